The molecule has 2 aliphatic heterocycles. The van der Waals surface area contributed by atoms with E-state index < -0.39 is 17.8 Å². The summed E-state index contributed by atoms with van der Waals surface area (Å²) in [6.45, 7) is 1.80. The first-order chi connectivity index (χ1) is 15.8. The van der Waals surface area contributed by atoms with E-state index in [-0.39, 0.29) is 21.3 Å². The van der Waals surface area contributed by atoms with E-state index in [1.807, 2.05) is 6.07 Å². The van der Waals surface area contributed by atoms with Gasteiger partial charge in [0, 0.05) is 24.7 Å². The van der Waals surface area contributed by atoms with Gasteiger partial charge in [-0.05, 0) is 37.1 Å². The maximum atomic E-state index is 13.2. The summed E-state index contributed by atoms with van der Waals surface area (Å²) in [5, 5.41) is 2.36. The van der Waals surface area contributed by atoms with E-state index in [1.54, 1.807) is 19.2 Å². The van der Waals surface area contributed by atoms with Crippen molar-refractivity contribution in [2.45, 2.75) is 12.8 Å². The van der Waals surface area contributed by atoms with Gasteiger partial charge in [0.25, 0.3) is 11.8 Å². The SMILES string of the molecule is COc1cc(N2CCCC2)c(OC)cc1/C=C1\C(=O)NC(=O)N(c2cccc(Cl)c2Cl)C1=O. The summed E-state index contributed by atoms with van der Waals surface area (Å²) < 4.78 is 11.1. The van der Waals surface area contributed by atoms with Crippen LogP contribution in [0.3, 0.4) is 0 Å². The van der Waals surface area contributed by atoms with Crippen LogP contribution in [0.15, 0.2) is 35.9 Å². The fourth-order valence-corrected chi connectivity index (χ4v) is 4.30. The lowest BCUT2D eigenvalue weighted by molar-refractivity contribution is -0.122. The molecule has 10 heteroatoms. The molecule has 0 bridgehead atoms. The normalized spacial score (nSPS) is 17.6. The smallest absolute Gasteiger partial charge is 0.336 e. The molecule has 2 heterocycles. The predicted octanol–water partition coefficient (Wildman–Crippen LogP) is 4.28. The summed E-state index contributed by atoms with van der Waals surface area (Å²) in [5.74, 6) is -0.629. The molecule has 2 aliphatic rings. The third kappa shape index (κ3) is 4.24. The van der Waals surface area contributed by atoms with Gasteiger partial charge in [-0.2, -0.15) is 0 Å². The zero-order valence-corrected chi connectivity index (χ0v) is 19.5. The van der Waals surface area contributed by atoms with Gasteiger partial charge in [0.15, 0.2) is 0 Å². The van der Waals surface area contributed by atoms with Gasteiger partial charge in [0.1, 0.15) is 17.1 Å². The van der Waals surface area contributed by atoms with Crippen LogP contribution in [0.25, 0.3) is 6.08 Å². The molecule has 172 valence electrons. The molecule has 1 N–H and O–H groups in total. The Morgan fingerprint density at radius 3 is 2.33 bits per heavy atom. The van der Waals surface area contributed by atoms with Crippen LogP contribution in [0.2, 0.25) is 10.0 Å². The molecule has 0 spiro atoms. The lowest BCUT2D eigenvalue weighted by atomic mass is 10.0. The number of imide groups is 2. The maximum Gasteiger partial charge on any atom is 0.336 e. The van der Waals surface area contributed by atoms with Crippen LogP contribution < -0.4 is 24.6 Å². The predicted molar refractivity (Wildman–Crippen MR) is 126 cm³/mol. The Morgan fingerprint density at radius 2 is 1.67 bits per heavy atom. The van der Waals surface area contributed by atoms with Crippen molar-refractivity contribution in [3.63, 3.8) is 0 Å². The van der Waals surface area contributed by atoms with Crippen LogP contribution in [0.4, 0.5) is 16.2 Å². The van der Waals surface area contributed by atoms with E-state index in [0.29, 0.717) is 17.1 Å². The number of rotatable bonds is 5. The van der Waals surface area contributed by atoms with E-state index in [0.717, 1.165) is 36.5 Å². The Morgan fingerprint density at radius 1 is 0.970 bits per heavy atom. The zero-order chi connectivity index (χ0) is 23.7. The van der Waals surface area contributed by atoms with Crippen molar-refractivity contribution >= 4 is 58.5 Å². The highest BCUT2D eigenvalue weighted by molar-refractivity contribution is 6.46. The summed E-state index contributed by atoms with van der Waals surface area (Å²) in [6.07, 6.45) is 3.54. The van der Waals surface area contributed by atoms with Crippen molar-refractivity contribution in [2.75, 3.05) is 37.1 Å². The fraction of sp³-hybridized carbons (Fsp3) is 0.261. The summed E-state index contributed by atoms with van der Waals surface area (Å²) in [5.41, 5.74) is 1.12. The van der Waals surface area contributed by atoms with E-state index in [4.69, 9.17) is 32.7 Å². The molecule has 0 radical (unpaired) electrons. The molecule has 0 atom stereocenters. The van der Waals surface area contributed by atoms with Gasteiger partial charge in [0.05, 0.1) is 35.6 Å². The molecule has 0 unspecified atom stereocenters. The number of halogens is 2. The molecule has 2 saturated heterocycles. The van der Waals surface area contributed by atoms with Gasteiger partial charge in [-0.25, -0.2) is 9.69 Å². The summed E-state index contributed by atoms with van der Waals surface area (Å²) in [6, 6.07) is 7.15. The van der Waals surface area contributed by atoms with Crippen LogP contribution in [0.1, 0.15) is 18.4 Å². The number of carbonyl (C=O) groups is 3. The number of hydrogen-bond acceptors (Lipinski definition) is 6. The zero-order valence-electron chi connectivity index (χ0n) is 18.0. The molecule has 4 rings (SSSR count). The molecule has 2 fully saturated rings. The largest absolute Gasteiger partial charge is 0.496 e. The topological polar surface area (TPSA) is 88.2 Å². The van der Waals surface area contributed by atoms with Crippen LogP contribution in [0.5, 0.6) is 11.5 Å². The molecule has 0 saturated carbocycles. The maximum absolute atomic E-state index is 13.2. The first kappa shape index (κ1) is 22.9. The highest BCUT2D eigenvalue weighted by Gasteiger charge is 2.38. The van der Waals surface area contributed by atoms with Gasteiger partial charge in [-0.1, -0.05) is 29.3 Å². The van der Waals surface area contributed by atoms with Crippen molar-refractivity contribution in [1.29, 1.82) is 0 Å². The molecular weight excluding hydrogens is 469 g/mol. The third-order valence-electron chi connectivity index (χ3n) is 5.55. The second kappa shape index (κ2) is 9.33. The number of carbonyl (C=O) groups excluding carboxylic acids is 3. The van der Waals surface area contributed by atoms with Gasteiger partial charge < -0.3 is 14.4 Å². The lowest BCUT2D eigenvalue weighted by Gasteiger charge is -2.27. The Bertz CT molecular complexity index is 1170. The molecular formula is C23H21Cl2N3O5. The molecule has 33 heavy (non-hydrogen) atoms. The second-order valence-corrected chi connectivity index (χ2v) is 8.28. The Balaban J connectivity index is 1.78. The minimum Gasteiger partial charge on any atom is -0.496 e. The van der Waals surface area contributed by atoms with Gasteiger partial charge in [-0.3, -0.25) is 14.9 Å². The van der Waals surface area contributed by atoms with Crippen LogP contribution >= 0.6 is 23.2 Å². The van der Waals surface area contributed by atoms with Gasteiger partial charge in [0.2, 0.25) is 0 Å². The van der Waals surface area contributed by atoms with Gasteiger partial charge >= 0.3 is 6.03 Å². The summed E-state index contributed by atoms with van der Waals surface area (Å²) in [7, 11) is 3.06. The minimum atomic E-state index is -0.916. The van der Waals surface area contributed by atoms with Crippen molar-refractivity contribution in [1.82, 2.24) is 5.32 Å². The highest BCUT2D eigenvalue weighted by atomic mass is 35.5. The number of nitrogens with one attached hydrogen (secondary N) is 1. The van der Waals surface area contributed by atoms with Crippen molar-refractivity contribution in [3.05, 3.63) is 51.5 Å². The monoisotopic (exact) mass is 489 g/mol. The first-order valence-electron chi connectivity index (χ1n) is 10.2. The average Bonchev–Trinajstić information content (AvgIpc) is 3.33. The first-order valence-corrected chi connectivity index (χ1v) is 11.0. The quantitative estimate of drug-likeness (QED) is 0.498. The number of nitrogens with zero attached hydrogens (tertiary/aromatic N) is 2. The van der Waals surface area contributed by atoms with Crippen molar-refractivity contribution in [3.8, 4) is 11.5 Å². The Labute approximate surface area is 200 Å². The van der Waals surface area contributed by atoms with Crippen molar-refractivity contribution in [2.24, 2.45) is 0 Å². The summed E-state index contributed by atoms with van der Waals surface area (Å²) >= 11 is 12.3. The molecule has 0 aromatic heterocycles. The van der Waals surface area contributed by atoms with Gasteiger partial charge in [-0.15, -0.1) is 0 Å². The van der Waals surface area contributed by atoms with Crippen LogP contribution in [0, 0.1) is 0 Å². The Hall–Kier alpha value is -3.23. The van der Waals surface area contributed by atoms with Crippen LogP contribution in [-0.2, 0) is 9.59 Å². The van der Waals surface area contributed by atoms with E-state index >= 15 is 0 Å². The Kier molecular flexibility index (Phi) is 6.49. The highest BCUT2D eigenvalue weighted by Crippen LogP contribution is 2.39. The molecule has 8 nitrogen and oxygen atoms in total. The van der Waals surface area contributed by atoms with E-state index in [2.05, 4.69) is 10.2 Å². The molecule has 2 aromatic carbocycles. The second-order valence-electron chi connectivity index (χ2n) is 7.49. The number of barbiturate groups is 1. The number of urea groups is 1. The number of ether oxygens (including phenoxy) is 2. The standard InChI is InChI=1S/C23H21Cl2N3O5/c1-32-18-12-17(27-8-3-4-9-27)19(33-2)11-13(18)10-14-21(29)26-23(31)28(22(14)30)16-7-5-6-15(24)20(16)25/h5-7,10-12H,3-4,8-9H2,1-2H3,(H,26,29,31)/b14-10+. The molecule has 2 aromatic rings. The molecule has 0 aliphatic carbocycles. The average molecular weight is 490 g/mol. The number of methoxy groups -OCH3 is 2. The number of hydrogen-bond donors (Lipinski definition) is 1. The van der Waals surface area contributed by atoms with E-state index in [9.17, 15) is 14.4 Å². The number of anilines is 2. The van der Waals surface area contributed by atoms with Crippen LogP contribution in [-0.4, -0.2) is 45.2 Å². The lowest BCUT2D eigenvalue weighted by Crippen LogP contribution is -2.54. The fourth-order valence-electron chi connectivity index (χ4n) is 3.92. The third-order valence-corrected chi connectivity index (χ3v) is 6.36. The summed E-state index contributed by atoms with van der Waals surface area (Å²) in [4.78, 5) is 41.3. The number of amides is 4. The minimum absolute atomic E-state index is 0.0191. The van der Waals surface area contributed by atoms with E-state index in [1.165, 1.54) is 25.3 Å². The van der Waals surface area contributed by atoms with Crippen molar-refractivity contribution < 1.29 is 23.9 Å². The number of benzene rings is 2. The molecule has 4 amide bonds.